The van der Waals surface area contributed by atoms with E-state index in [2.05, 4.69) is 4.98 Å². The Labute approximate surface area is 127 Å². The molecule has 0 N–H and O–H groups in total. The lowest BCUT2D eigenvalue weighted by Gasteiger charge is -2.09. The van der Waals surface area contributed by atoms with Crippen LogP contribution in [0.1, 0.15) is 0 Å². The third-order valence-corrected chi connectivity index (χ3v) is 3.05. The maximum atomic E-state index is 12.8. The second-order valence-electron chi connectivity index (χ2n) is 4.68. The first kappa shape index (κ1) is 14.1. The molecule has 0 amide bonds. The molecule has 1 aromatic heterocycles. The number of aromatic nitrogens is 2. The lowest BCUT2D eigenvalue weighted by molar-refractivity contribution is 0.298. The summed E-state index contributed by atoms with van der Waals surface area (Å²) in [6.07, 6.45) is 5.38. The van der Waals surface area contributed by atoms with Crippen molar-refractivity contribution >= 4 is 0 Å². The molecule has 112 valence electrons. The molecule has 0 fully saturated rings. The van der Waals surface area contributed by atoms with Crippen molar-refractivity contribution in [2.75, 3.05) is 6.61 Å². The normalized spacial score (nSPS) is 10.4. The van der Waals surface area contributed by atoms with E-state index >= 15 is 0 Å². The van der Waals surface area contributed by atoms with Crippen LogP contribution in [-0.4, -0.2) is 16.2 Å². The lowest BCUT2D eigenvalue weighted by Crippen LogP contribution is -2.06. The molecule has 4 nitrogen and oxygen atoms in total. The largest absolute Gasteiger partial charge is 0.492 e. The van der Waals surface area contributed by atoms with Gasteiger partial charge < -0.3 is 14.0 Å². The highest BCUT2D eigenvalue weighted by Crippen LogP contribution is 2.23. The van der Waals surface area contributed by atoms with Crippen LogP contribution in [0, 0.1) is 5.82 Å². The first-order valence-corrected chi connectivity index (χ1v) is 6.92. The van der Waals surface area contributed by atoms with Crippen molar-refractivity contribution in [2.45, 2.75) is 6.54 Å². The number of hydrogen-bond donors (Lipinski definition) is 0. The summed E-state index contributed by atoms with van der Waals surface area (Å²) < 4.78 is 26.0. The average Bonchev–Trinajstić information content (AvgIpc) is 3.05. The smallest absolute Gasteiger partial charge is 0.127 e. The summed E-state index contributed by atoms with van der Waals surface area (Å²) >= 11 is 0. The molecule has 1 heterocycles. The van der Waals surface area contributed by atoms with E-state index in [1.54, 1.807) is 24.7 Å². The zero-order valence-corrected chi connectivity index (χ0v) is 11.9. The van der Waals surface area contributed by atoms with Crippen molar-refractivity contribution in [3.05, 3.63) is 73.1 Å². The van der Waals surface area contributed by atoms with Gasteiger partial charge in [-0.15, -0.1) is 0 Å². The Morgan fingerprint density at radius 3 is 2.18 bits per heavy atom. The predicted octanol–water partition coefficient (Wildman–Crippen LogP) is 3.89. The van der Waals surface area contributed by atoms with Gasteiger partial charge in [0, 0.05) is 12.4 Å². The van der Waals surface area contributed by atoms with Crippen molar-refractivity contribution in [1.29, 1.82) is 0 Å². The fourth-order valence-corrected chi connectivity index (χ4v) is 1.93. The van der Waals surface area contributed by atoms with Gasteiger partial charge in [-0.3, -0.25) is 0 Å². The summed E-state index contributed by atoms with van der Waals surface area (Å²) in [4.78, 5) is 3.97. The van der Waals surface area contributed by atoms with Crippen molar-refractivity contribution in [3.63, 3.8) is 0 Å². The standard InChI is InChI=1S/C17H15FN2O2/c18-14-1-3-16(4-2-14)22-17-7-5-15(6-8-17)21-12-11-20-10-9-19-13-20/h1-10,13H,11-12H2. The van der Waals surface area contributed by atoms with Crippen LogP contribution in [0.5, 0.6) is 17.2 Å². The van der Waals surface area contributed by atoms with Crippen LogP contribution in [0.25, 0.3) is 0 Å². The molecule has 2 aromatic carbocycles. The molecular weight excluding hydrogens is 283 g/mol. The van der Waals surface area contributed by atoms with Crippen molar-refractivity contribution in [1.82, 2.24) is 9.55 Å². The van der Waals surface area contributed by atoms with E-state index in [-0.39, 0.29) is 5.82 Å². The molecule has 3 rings (SSSR count). The minimum atomic E-state index is -0.283. The van der Waals surface area contributed by atoms with Gasteiger partial charge in [0.1, 0.15) is 29.7 Å². The number of halogens is 1. The average molecular weight is 298 g/mol. The van der Waals surface area contributed by atoms with Gasteiger partial charge in [0.15, 0.2) is 0 Å². The molecule has 0 aliphatic carbocycles. The van der Waals surface area contributed by atoms with E-state index in [9.17, 15) is 4.39 Å². The maximum absolute atomic E-state index is 12.8. The van der Waals surface area contributed by atoms with Gasteiger partial charge in [0.05, 0.1) is 12.9 Å². The van der Waals surface area contributed by atoms with E-state index in [0.29, 0.717) is 18.1 Å². The summed E-state index contributed by atoms with van der Waals surface area (Å²) in [5.41, 5.74) is 0. The molecule has 0 spiro atoms. The van der Waals surface area contributed by atoms with Gasteiger partial charge in [0.25, 0.3) is 0 Å². The van der Waals surface area contributed by atoms with Crippen molar-refractivity contribution < 1.29 is 13.9 Å². The van der Waals surface area contributed by atoms with E-state index in [1.807, 2.05) is 35.0 Å². The number of rotatable bonds is 6. The molecule has 0 saturated heterocycles. The first-order chi connectivity index (χ1) is 10.8. The fraction of sp³-hybridized carbons (Fsp3) is 0.118. The fourth-order valence-electron chi connectivity index (χ4n) is 1.93. The van der Waals surface area contributed by atoms with Crippen LogP contribution in [0.3, 0.4) is 0 Å². The van der Waals surface area contributed by atoms with Crippen LogP contribution in [0.4, 0.5) is 4.39 Å². The Hall–Kier alpha value is -2.82. The summed E-state index contributed by atoms with van der Waals surface area (Å²) in [5.74, 6) is 1.75. The van der Waals surface area contributed by atoms with Crippen LogP contribution in [0.2, 0.25) is 0 Å². The number of nitrogens with zero attached hydrogens (tertiary/aromatic N) is 2. The van der Waals surface area contributed by atoms with E-state index in [4.69, 9.17) is 9.47 Å². The Morgan fingerprint density at radius 2 is 1.55 bits per heavy atom. The molecular formula is C17H15FN2O2. The molecule has 0 unspecified atom stereocenters. The number of benzene rings is 2. The van der Waals surface area contributed by atoms with Crippen LogP contribution in [-0.2, 0) is 6.54 Å². The van der Waals surface area contributed by atoms with Gasteiger partial charge >= 0.3 is 0 Å². The van der Waals surface area contributed by atoms with Gasteiger partial charge in [-0.1, -0.05) is 0 Å². The molecule has 0 aliphatic heterocycles. The number of imidazole rings is 1. The van der Waals surface area contributed by atoms with Crippen molar-refractivity contribution in [2.24, 2.45) is 0 Å². The summed E-state index contributed by atoms with van der Waals surface area (Å²) in [7, 11) is 0. The third kappa shape index (κ3) is 3.85. The maximum Gasteiger partial charge on any atom is 0.127 e. The van der Waals surface area contributed by atoms with Gasteiger partial charge in [-0.25, -0.2) is 9.37 Å². The third-order valence-electron chi connectivity index (χ3n) is 3.05. The summed E-state index contributed by atoms with van der Waals surface area (Å²) in [6, 6.07) is 13.2. The van der Waals surface area contributed by atoms with Gasteiger partial charge in [0.2, 0.25) is 0 Å². The molecule has 0 radical (unpaired) electrons. The Morgan fingerprint density at radius 1 is 0.909 bits per heavy atom. The Bertz CT molecular complexity index is 695. The topological polar surface area (TPSA) is 36.3 Å². The molecule has 5 heteroatoms. The van der Waals surface area contributed by atoms with E-state index in [0.717, 1.165) is 12.3 Å². The summed E-state index contributed by atoms with van der Waals surface area (Å²) in [5, 5.41) is 0. The molecule has 0 saturated carbocycles. The molecule has 0 aliphatic rings. The second kappa shape index (κ2) is 6.76. The van der Waals surface area contributed by atoms with Crippen LogP contribution in [0.15, 0.2) is 67.3 Å². The highest BCUT2D eigenvalue weighted by molar-refractivity contribution is 5.35. The van der Waals surface area contributed by atoms with Crippen molar-refractivity contribution in [3.8, 4) is 17.2 Å². The number of hydrogen-bond acceptors (Lipinski definition) is 3. The summed E-state index contributed by atoms with van der Waals surface area (Å²) in [6.45, 7) is 1.31. The zero-order chi connectivity index (χ0) is 15.2. The quantitative estimate of drug-likeness (QED) is 0.692. The van der Waals surface area contributed by atoms with Gasteiger partial charge in [-0.05, 0) is 48.5 Å². The molecule has 0 atom stereocenters. The SMILES string of the molecule is Fc1ccc(Oc2ccc(OCCn3ccnc3)cc2)cc1. The monoisotopic (exact) mass is 298 g/mol. The second-order valence-corrected chi connectivity index (χ2v) is 4.68. The predicted molar refractivity (Wildman–Crippen MR) is 80.6 cm³/mol. The first-order valence-electron chi connectivity index (χ1n) is 6.92. The highest BCUT2D eigenvalue weighted by Gasteiger charge is 1.99. The zero-order valence-electron chi connectivity index (χ0n) is 11.9. The molecule has 0 bridgehead atoms. The number of ether oxygens (including phenoxy) is 2. The van der Waals surface area contributed by atoms with E-state index in [1.165, 1.54) is 12.1 Å². The lowest BCUT2D eigenvalue weighted by atomic mass is 10.3. The minimum absolute atomic E-state index is 0.283. The Kier molecular flexibility index (Phi) is 4.34. The van der Waals surface area contributed by atoms with Crippen LogP contribution >= 0.6 is 0 Å². The molecule has 3 aromatic rings. The molecule has 22 heavy (non-hydrogen) atoms. The minimum Gasteiger partial charge on any atom is -0.492 e. The van der Waals surface area contributed by atoms with E-state index < -0.39 is 0 Å². The Balaban J connectivity index is 1.52. The van der Waals surface area contributed by atoms with Crippen LogP contribution < -0.4 is 9.47 Å². The highest BCUT2D eigenvalue weighted by atomic mass is 19.1. The van der Waals surface area contributed by atoms with Gasteiger partial charge in [-0.2, -0.15) is 0 Å².